The molecular weight excluding hydrogens is 248 g/mol. The molecule has 0 aromatic rings. The van der Waals surface area contributed by atoms with E-state index in [9.17, 15) is 0 Å². The highest BCUT2D eigenvalue weighted by Crippen LogP contribution is 2.21. The summed E-state index contributed by atoms with van der Waals surface area (Å²) >= 11 is 0. The van der Waals surface area contributed by atoms with Crippen LogP contribution in [0.3, 0.4) is 0 Å². The Balaban J connectivity index is 1.70. The molecule has 1 saturated carbocycles. The van der Waals surface area contributed by atoms with E-state index >= 15 is 0 Å². The summed E-state index contributed by atoms with van der Waals surface area (Å²) in [6.07, 6.45) is 12.1. The number of likely N-dealkylation sites (tertiary alicyclic amines) is 1. The van der Waals surface area contributed by atoms with Crippen molar-refractivity contribution < 1.29 is 0 Å². The lowest BCUT2D eigenvalue weighted by atomic mass is 9.94. The Labute approximate surface area is 124 Å². The van der Waals surface area contributed by atoms with Crippen molar-refractivity contribution in [3.63, 3.8) is 0 Å². The van der Waals surface area contributed by atoms with E-state index in [1.165, 1.54) is 57.8 Å². The normalized spacial score (nSPS) is 23.1. The van der Waals surface area contributed by atoms with Crippen molar-refractivity contribution >= 4 is 5.96 Å². The van der Waals surface area contributed by atoms with Gasteiger partial charge in [-0.05, 0) is 32.7 Å². The molecule has 2 fully saturated rings. The lowest BCUT2D eigenvalue weighted by Crippen LogP contribution is -2.39. The molecule has 0 bridgehead atoms. The topological polar surface area (TPSA) is 44.9 Å². The maximum Gasteiger partial charge on any atom is 0.191 e. The quantitative estimate of drug-likeness (QED) is 0.635. The molecule has 20 heavy (non-hydrogen) atoms. The number of nitrogens with zero attached hydrogens (tertiary/aromatic N) is 3. The van der Waals surface area contributed by atoms with E-state index in [-0.39, 0.29) is 0 Å². The fourth-order valence-corrected chi connectivity index (χ4v) is 3.43. The zero-order chi connectivity index (χ0) is 14.2. The molecule has 0 atom stereocenters. The van der Waals surface area contributed by atoms with E-state index in [4.69, 9.17) is 5.73 Å². The molecule has 0 aromatic carbocycles. The monoisotopic (exact) mass is 280 g/mol. The standard InChI is InChI=1S/C16H32N4/c1-19(15-9-5-4-6-10-15)14-11-18-16(17)20-12-7-2-3-8-13-20/h15H,2-14H2,1H3,(H2,17,18). The molecule has 2 N–H and O–H groups in total. The molecule has 1 saturated heterocycles. The highest BCUT2D eigenvalue weighted by Gasteiger charge is 2.17. The molecule has 4 nitrogen and oxygen atoms in total. The van der Waals surface area contributed by atoms with Gasteiger partial charge in [0.1, 0.15) is 0 Å². The molecule has 0 spiro atoms. The summed E-state index contributed by atoms with van der Waals surface area (Å²) in [5.41, 5.74) is 6.14. The lowest BCUT2D eigenvalue weighted by molar-refractivity contribution is 0.196. The molecule has 0 unspecified atom stereocenters. The molecule has 2 aliphatic rings. The van der Waals surface area contributed by atoms with Crippen molar-refractivity contribution in [3.05, 3.63) is 0 Å². The first-order valence-corrected chi connectivity index (χ1v) is 8.52. The molecule has 2 rings (SSSR count). The van der Waals surface area contributed by atoms with E-state index in [1.54, 1.807) is 0 Å². The van der Waals surface area contributed by atoms with Crippen LogP contribution in [0.1, 0.15) is 57.8 Å². The number of aliphatic imine (C=N–C) groups is 1. The smallest absolute Gasteiger partial charge is 0.191 e. The number of rotatable bonds is 4. The van der Waals surface area contributed by atoms with Crippen LogP contribution in [0.4, 0.5) is 0 Å². The van der Waals surface area contributed by atoms with Crippen molar-refractivity contribution in [1.29, 1.82) is 0 Å². The average molecular weight is 280 g/mol. The van der Waals surface area contributed by atoms with Crippen LogP contribution in [0.15, 0.2) is 4.99 Å². The van der Waals surface area contributed by atoms with Gasteiger partial charge in [-0.1, -0.05) is 32.1 Å². The summed E-state index contributed by atoms with van der Waals surface area (Å²) in [6.45, 7) is 4.07. The van der Waals surface area contributed by atoms with Gasteiger partial charge in [0.2, 0.25) is 0 Å². The zero-order valence-corrected chi connectivity index (χ0v) is 13.2. The Bertz CT molecular complexity index is 289. The van der Waals surface area contributed by atoms with Crippen LogP contribution in [0.25, 0.3) is 0 Å². The van der Waals surface area contributed by atoms with Crippen LogP contribution >= 0.6 is 0 Å². The molecule has 116 valence electrons. The van der Waals surface area contributed by atoms with Gasteiger partial charge in [0.05, 0.1) is 6.54 Å². The highest BCUT2D eigenvalue weighted by atomic mass is 15.3. The number of hydrogen-bond acceptors (Lipinski definition) is 2. The van der Waals surface area contributed by atoms with Crippen molar-refractivity contribution in [3.8, 4) is 0 Å². The van der Waals surface area contributed by atoms with Gasteiger partial charge < -0.3 is 15.5 Å². The van der Waals surface area contributed by atoms with Gasteiger partial charge in [0.15, 0.2) is 5.96 Å². The van der Waals surface area contributed by atoms with Crippen LogP contribution in [0.5, 0.6) is 0 Å². The number of hydrogen-bond donors (Lipinski definition) is 1. The molecule has 1 aliphatic carbocycles. The molecular formula is C16H32N4. The third-order valence-corrected chi connectivity index (χ3v) is 4.85. The van der Waals surface area contributed by atoms with Crippen molar-refractivity contribution in [2.75, 3.05) is 33.2 Å². The van der Waals surface area contributed by atoms with Crippen molar-refractivity contribution in [2.45, 2.75) is 63.8 Å². The van der Waals surface area contributed by atoms with Crippen LogP contribution in [0.2, 0.25) is 0 Å². The van der Waals surface area contributed by atoms with Crippen LogP contribution < -0.4 is 5.73 Å². The van der Waals surface area contributed by atoms with E-state index in [1.807, 2.05) is 0 Å². The van der Waals surface area contributed by atoms with Crippen LogP contribution in [-0.2, 0) is 0 Å². The largest absolute Gasteiger partial charge is 0.370 e. The second-order valence-corrected chi connectivity index (χ2v) is 6.41. The van der Waals surface area contributed by atoms with Gasteiger partial charge in [-0.15, -0.1) is 0 Å². The third-order valence-electron chi connectivity index (χ3n) is 4.85. The second-order valence-electron chi connectivity index (χ2n) is 6.41. The number of likely N-dealkylation sites (N-methyl/N-ethyl adjacent to an activating group) is 1. The minimum atomic E-state index is 0.768. The van der Waals surface area contributed by atoms with Gasteiger partial charge in [-0.25, -0.2) is 0 Å². The first kappa shape index (κ1) is 15.6. The van der Waals surface area contributed by atoms with Crippen molar-refractivity contribution in [2.24, 2.45) is 10.7 Å². The van der Waals surface area contributed by atoms with Gasteiger partial charge >= 0.3 is 0 Å². The fraction of sp³-hybridized carbons (Fsp3) is 0.938. The molecule has 1 aliphatic heterocycles. The molecule has 0 radical (unpaired) electrons. The Morgan fingerprint density at radius 1 is 1.05 bits per heavy atom. The average Bonchev–Trinajstić information content (AvgIpc) is 2.77. The van der Waals surface area contributed by atoms with Gasteiger partial charge in [-0.2, -0.15) is 0 Å². The van der Waals surface area contributed by atoms with Crippen LogP contribution in [0, 0.1) is 0 Å². The maximum absolute atomic E-state index is 6.14. The fourth-order valence-electron chi connectivity index (χ4n) is 3.43. The predicted molar refractivity (Wildman–Crippen MR) is 86.0 cm³/mol. The highest BCUT2D eigenvalue weighted by molar-refractivity contribution is 5.78. The Hall–Kier alpha value is -0.770. The lowest BCUT2D eigenvalue weighted by Gasteiger charge is -2.30. The van der Waals surface area contributed by atoms with Gasteiger partial charge in [-0.3, -0.25) is 4.99 Å². The van der Waals surface area contributed by atoms with Gasteiger partial charge in [0, 0.05) is 25.7 Å². The maximum atomic E-state index is 6.14. The molecule has 0 aromatic heterocycles. The Morgan fingerprint density at radius 2 is 1.65 bits per heavy atom. The minimum Gasteiger partial charge on any atom is -0.370 e. The predicted octanol–water partition coefficient (Wildman–Crippen LogP) is 2.44. The second kappa shape index (κ2) is 8.50. The summed E-state index contributed by atoms with van der Waals surface area (Å²) in [5.74, 6) is 0.768. The number of nitrogens with two attached hydrogens (primary N) is 1. The first-order valence-electron chi connectivity index (χ1n) is 8.52. The summed E-state index contributed by atoms with van der Waals surface area (Å²) < 4.78 is 0. The Kier molecular flexibility index (Phi) is 6.64. The van der Waals surface area contributed by atoms with E-state index in [0.29, 0.717) is 0 Å². The van der Waals surface area contributed by atoms with E-state index < -0.39 is 0 Å². The van der Waals surface area contributed by atoms with E-state index in [0.717, 1.165) is 38.2 Å². The first-order chi connectivity index (χ1) is 9.77. The number of guanidine groups is 1. The minimum absolute atomic E-state index is 0.768. The summed E-state index contributed by atoms with van der Waals surface area (Å²) in [6, 6.07) is 0.776. The molecule has 1 heterocycles. The summed E-state index contributed by atoms with van der Waals surface area (Å²) in [5, 5.41) is 0. The Morgan fingerprint density at radius 3 is 2.30 bits per heavy atom. The van der Waals surface area contributed by atoms with E-state index in [2.05, 4.69) is 21.8 Å². The molecule has 0 amide bonds. The van der Waals surface area contributed by atoms with Gasteiger partial charge in [0.25, 0.3) is 0 Å². The SMILES string of the molecule is CN(CCN=C(N)N1CCCCCC1)C1CCCCC1. The summed E-state index contributed by atoms with van der Waals surface area (Å²) in [4.78, 5) is 9.36. The molecule has 4 heteroatoms. The van der Waals surface area contributed by atoms with Crippen LogP contribution in [-0.4, -0.2) is 55.0 Å². The van der Waals surface area contributed by atoms with Crippen molar-refractivity contribution in [1.82, 2.24) is 9.80 Å². The zero-order valence-electron chi connectivity index (χ0n) is 13.2. The summed E-state index contributed by atoms with van der Waals surface area (Å²) in [7, 11) is 2.24. The third kappa shape index (κ3) is 4.97.